The molecule has 0 spiro atoms. The molecule has 1 fully saturated rings. The van der Waals surface area contributed by atoms with Crippen molar-refractivity contribution in [2.24, 2.45) is 0 Å². The maximum atomic E-state index is 12.5. The number of nitrogens with zero attached hydrogens (tertiary/aromatic N) is 3. The SMILES string of the molecule is Cc1ccc(C)c(-n2ccnc2SCC(=O)Nc2cccc(N3CCCC3=O)c2)c1. The van der Waals surface area contributed by atoms with E-state index >= 15 is 0 Å². The van der Waals surface area contributed by atoms with Crippen LogP contribution in [0.5, 0.6) is 0 Å². The minimum Gasteiger partial charge on any atom is -0.325 e. The number of imidazole rings is 1. The molecule has 0 bridgehead atoms. The zero-order valence-corrected chi connectivity index (χ0v) is 17.9. The maximum absolute atomic E-state index is 12.5. The van der Waals surface area contributed by atoms with Crippen molar-refractivity contribution in [2.45, 2.75) is 31.8 Å². The molecule has 4 rings (SSSR count). The number of anilines is 2. The lowest BCUT2D eigenvalue weighted by molar-refractivity contribution is -0.117. The first-order chi connectivity index (χ1) is 14.5. The first-order valence-electron chi connectivity index (χ1n) is 9.95. The molecule has 2 amide bonds. The van der Waals surface area contributed by atoms with E-state index in [9.17, 15) is 9.59 Å². The smallest absolute Gasteiger partial charge is 0.234 e. The van der Waals surface area contributed by atoms with E-state index in [4.69, 9.17) is 0 Å². The van der Waals surface area contributed by atoms with Crippen LogP contribution in [0.2, 0.25) is 0 Å². The van der Waals surface area contributed by atoms with Crippen molar-refractivity contribution in [3.05, 3.63) is 66.0 Å². The van der Waals surface area contributed by atoms with Crippen LogP contribution in [0.25, 0.3) is 5.69 Å². The van der Waals surface area contributed by atoms with Crippen LogP contribution < -0.4 is 10.2 Å². The Morgan fingerprint density at radius 2 is 2.07 bits per heavy atom. The topological polar surface area (TPSA) is 67.2 Å². The molecule has 7 heteroatoms. The van der Waals surface area contributed by atoms with E-state index in [1.165, 1.54) is 17.3 Å². The fourth-order valence-electron chi connectivity index (χ4n) is 3.56. The molecule has 0 saturated carbocycles. The van der Waals surface area contributed by atoms with Gasteiger partial charge in [-0.25, -0.2) is 4.98 Å². The Morgan fingerprint density at radius 1 is 1.20 bits per heavy atom. The summed E-state index contributed by atoms with van der Waals surface area (Å²) in [7, 11) is 0. The Bertz CT molecular complexity index is 1090. The largest absolute Gasteiger partial charge is 0.325 e. The molecule has 0 aliphatic carbocycles. The lowest BCUT2D eigenvalue weighted by Crippen LogP contribution is -2.23. The second-order valence-corrected chi connectivity index (χ2v) is 8.35. The number of hydrogen-bond acceptors (Lipinski definition) is 4. The molecule has 3 aromatic rings. The normalized spacial score (nSPS) is 13.7. The lowest BCUT2D eigenvalue weighted by atomic mass is 10.1. The van der Waals surface area contributed by atoms with Crippen molar-refractivity contribution in [3.8, 4) is 5.69 Å². The van der Waals surface area contributed by atoms with Crippen LogP contribution in [-0.2, 0) is 9.59 Å². The Balaban J connectivity index is 1.41. The number of amides is 2. The van der Waals surface area contributed by atoms with Crippen molar-refractivity contribution >= 4 is 35.0 Å². The van der Waals surface area contributed by atoms with Gasteiger partial charge in [-0.3, -0.25) is 14.2 Å². The van der Waals surface area contributed by atoms with Gasteiger partial charge in [0.15, 0.2) is 5.16 Å². The van der Waals surface area contributed by atoms with Crippen molar-refractivity contribution in [1.82, 2.24) is 9.55 Å². The second-order valence-electron chi connectivity index (χ2n) is 7.41. The summed E-state index contributed by atoms with van der Waals surface area (Å²) in [4.78, 5) is 30.7. The van der Waals surface area contributed by atoms with Crippen LogP contribution in [0.1, 0.15) is 24.0 Å². The number of aryl methyl sites for hydroxylation is 2. The number of benzene rings is 2. The van der Waals surface area contributed by atoms with Gasteiger partial charge in [-0.1, -0.05) is 30.0 Å². The summed E-state index contributed by atoms with van der Waals surface area (Å²) >= 11 is 1.40. The summed E-state index contributed by atoms with van der Waals surface area (Å²) in [5, 5.41) is 3.70. The second kappa shape index (κ2) is 8.75. The number of aromatic nitrogens is 2. The summed E-state index contributed by atoms with van der Waals surface area (Å²) in [6, 6.07) is 13.7. The van der Waals surface area contributed by atoms with Gasteiger partial charge < -0.3 is 10.2 Å². The molecule has 1 N–H and O–H groups in total. The van der Waals surface area contributed by atoms with Crippen LogP contribution in [0.15, 0.2) is 60.0 Å². The van der Waals surface area contributed by atoms with Gasteiger partial charge in [0.1, 0.15) is 0 Å². The Hall–Kier alpha value is -3.06. The summed E-state index contributed by atoms with van der Waals surface area (Å²) < 4.78 is 2.01. The predicted octanol–water partition coefficient (Wildman–Crippen LogP) is 4.35. The minimum atomic E-state index is -0.111. The maximum Gasteiger partial charge on any atom is 0.234 e. The van der Waals surface area contributed by atoms with E-state index in [-0.39, 0.29) is 17.6 Å². The van der Waals surface area contributed by atoms with Crippen LogP contribution in [0.3, 0.4) is 0 Å². The fraction of sp³-hybridized carbons (Fsp3) is 0.261. The molecule has 0 atom stereocenters. The highest BCUT2D eigenvalue weighted by Gasteiger charge is 2.21. The standard InChI is InChI=1S/C23H24N4O2S/c1-16-8-9-17(2)20(13-16)27-12-10-24-23(27)30-15-21(28)25-18-5-3-6-19(14-18)26-11-4-7-22(26)29/h3,5-6,8-10,12-14H,4,7,11,15H2,1-2H3,(H,25,28). The van der Waals surface area contributed by atoms with E-state index in [1.54, 1.807) is 11.1 Å². The average Bonchev–Trinajstić information content (AvgIpc) is 3.37. The summed E-state index contributed by atoms with van der Waals surface area (Å²) in [6.45, 7) is 4.85. The Morgan fingerprint density at radius 3 is 2.87 bits per heavy atom. The lowest BCUT2D eigenvalue weighted by Gasteiger charge is -2.16. The molecule has 6 nitrogen and oxygen atoms in total. The van der Waals surface area contributed by atoms with Gasteiger partial charge in [-0.2, -0.15) is 0 Å². The number of nitrogens with one attached hydrogen (secondary N) is 1. The van der Waals surface area contributed by atoms with Gasteiger partial charge in [-0.05, 0) is 55.7 Å². The van der Waals surface area contributed by atoms with E-state index in [0.717, 1.165) is 35.1 Å². The number of carbonyl (C=O) groups excluding carboxylic acids is 2. The Labute approximate surface area is 180 Å². The van der Waals surface area contributed by atoms with Crippen molar-refractivity contribution in [1.29, 1.82) is 0 Å². The fourth-order valence-corrected chi connectivity index (χ4v) is 4.32. The summed E-state index contributed by atoms with van der Waals surface area (Å²) in [6.07, 6.45) is 5.12. The van der Waals surface area contributed by atoms with E-state index in [2.05, 4.69) is 42.3 Å². The Kier molecular flexibility index (Phi) is 5.90. The molecule has 30 heavy (non-hydrogen) atoms. The van der Waals surface area contributed by atoms with Gasteiger partial charge in [0, 0.05) is 36.7 Å². The van der Waals surface area contributed by atoms with Gasteiger partial charge in [0.05, 0.1) is 11.4 Å². The monoisotopic (exact) mass is 420 g/mol. The minimum absolute atomic E-state index is 0.111. The molecule has 1 aromatic heterocycles. The van der Waals surface area contributed by atoms with Crippen molar-refractivity contribution < 1.29 is 9.59 Å². The first-order valence-corrected chi connectivity index (χ1v) is 10.9. The van der Waals surface area contributed by atoms with Crippen molar-refractivity contribution in [3.63, 3.8) is 0 Å². The predicted molar refractivity (Wildman–Crippen MR) is 120 cm³/mol. The van der Waals surface area contributed by atoms with Gasteiger partial charge >= 0.3 is 0 Å². The number of rotatable bonds is 6. The highest BCUT2D eigenvalue weighted by Crippen LogP contribution is 2.26. The van der Waals surface area contributed by atoms with Gasteiger partial charge in [0.25, 0.3) is 0 Å². The third kappa shape index (κ3) is 4.41. The molecular weight excluding hydrogens is 396 g/mol. The van der Waals surface area contributed by atoms with Gasteiger partial charge in [0.2, 0.25) is 11.8 Å². The van der Waals surface area contributed by atoms with E-state index in [0.29, 0.717) is 12.1 Å². The number of carbonyl (C=O) groups is 2. The molecule has 0 radical (unpaired) electrons. The average molecular weight is 421 g/mol. The van der Waals surface area contributed by atoms with E-state index in [1.807, 2.05) is 35.0 Å². The highest BCUT2D eigenvalue weighted by atomic mass is 32.2. The first kappa shape index (κ1) is 20.2. The van der Waals surface area contributed by atoms with E-state index < -0.39 is 0 Å². The van der Waals surface area contributed by atoms with Crippen LogP contribution in [0, 0.1) is 13.8 Å². The van der Waals surface area contributed by atoms with Crippen LogP contribution >= 0.6 is 11.8 Å². The summed E-state index contributed by atoms with van der Waals surface area (Å²) in [5.74, 6) is 0.266. The summed E-state index contributed by atoms with van der Waals surface area (Å²) in [5.41, 5.74) is 4.91. The number of thioether (sulfide) groups is 1. The highest BCUT2D eigenvalue weighted by molar-refractivity contribution is 7.99. The van der Waals surface area contributed by atoms with Crippen molar-refractivity contribution in [2.75, 3.05) is 22.5 Å². The van der Waals surface area contributed by atoms with Crippen LogP contribution in [0.4, 0.5) is 11.4 Å². The molecule has 0 unspecified atom stereocenters. The molecular formula is C23H24N4O2S. The molecule has 2 aromatic carbocycles. The van der Waals surface area contributed by atoms with Crippen LogP contribution in [-0.4, -0.2) is 33.7 Å². The van der Waals surface area contributed by atoms with Gasteiger partial charge in [-0.15, -0.1) is 0 Å². The zero-order chi connectivity index (χ0) is 21.1. The third-order valence-corrected chi connectivity index (χ3v) is 6.05. The molecule has 1 aliphatic heterocycles. The molecule has 1 aliphatic rings. The number of hydrogen-bond donors (Lipinski definition) is 1. The third-order valence-electron chi connectivity index (χ3n) is 5.08. The quantitative estimate of drug-likeness (QED) is 0.602. The molecule has 1 saturated heterocycles. The molecule has 2 heterocycles. The zero-order valence-electron chi connectivity index (χ0n) is 17.1. The molecule has 154 valence electrons.